The summed E-state index contributed by atoms with van der Waals surface area (Å²) in [7, 11) is 2.23. The Morgan fingerprint density at radius 2 is 2.29 bits per heavy atom. The van der Waals surface area contributed by atoms with E-state index in [-0.39, 0.29) is 12.1 Å². The van der Waals surface area contributed by atoms with Crippen molar-refractivity contribution in [2.45, 2.75) is 76.5 Å². The van der Waals surface area contributed by atoms with E-state index in [1.165, 1.54) is 38.5 Å². The van der Waals surface area contributed by atoms with Gasteiger partial charge in [-0.15, -0.1) is 0 Å². The molecule has 3 rings (SSSR count). The molecule has 0 aromatic carbocycles. The second-order valence-corrected chi connectivity index (χ2v) is 8.79. The van der Waals surface area contributed by atoms with Crippen molar-refractivity contribution >= 4 is 6.29 Å². The third-order valence-electron chi connectivity index (χ3n) is 6.53. The summed E-state index contributed by atoms with van der Waals surface area (Å²) < 4.78 is 6.60. The van der Waals surface area contributed by atoms with Crippen LogP contribution in [-0.4, -0.2) is 66.1 Å². The van der Waals surface area contributed by atoms with Crippen LogP contribution in [0, 0.1) is 11.8 Å². The summed E-state index contributed by atoms with van der Waals surface area (Å²) in [5.41, 5.74) is 0.983. The minimum absolute atomic E-state index is 0.196. The number of imidazole rings is 1. The van der Waals surface area contributed by atoms with Gasteiger partial charge in [0.2, 0.25) is 0 Å². The highest BCUT2D eigenvalue weighted by molar-refractivity contribution is 5.58. The number of hydrogen-bond acceptors (Lipinski definition) is 5. The molecule has 0 bridgehead atoms. The van der Waals surface area contributed by atoms with E-state index in [1.54, 1.807) is 12.5 Å². The van der Waals surface area contributed by atoms with Crippen molar-refractivity contribution < 1.29 is 9.53 Å². The number of aromatic nitrogens is 2. The van der Waals surface area contributed by atoms with Crippen LogP contribution < -0.4 is 5.32 Å². The van der Waals surface area contributed by atoms with Gasteiger partial charge in [-0.25, -0.2) is 4.98 Å². The summed E-state index contributed by atoms with van der Waals surface area (Å²) in [6.07, 6.45) is 14.6. The zero-order chi connectivity index (χ0) is 19.8. The average Bonchev–Trinajstić information content (AvgIpc) is 3.22. The summed E-state index contributed by atoms with van der Waals surface area (Å²) in [5, 5.41) is 3.43. The Morgan fingerprint density at radius 3 is 3.04 bits per heavy atom. The van der Waals surface area contributed by atoms with Crippen molar-refractivity contribution in [3.63, 3.8) is 0 Å². The van der Waals surface area contributed by atoms with E-state index in [1.807, 2.05) is 0 Å². The van der Waals surface area contributed by atoms with Crippen molar-refractivity contribution in [2.24, 2.45) is 11.8 Å². The van der Waals surface area contributed by atoms with E-state index in [0.717, 1.165) is 44.0 Å². The minimum Gasteiger partial charge on any atom is -0.372 e. The standard InChI is InChI=1S/C22H38N4O2/c1-3-4-9-26(2)14-22-21-8-6-5-7-17(21)10-20(28-22)13-24-19(15-27)11-18-12-23-16-25-18/h12,15-17,19-22,24H,3-11,13-14H2,1-2H3,(H,23,25)/t17?,19-,20+,21?,22+/m0/s1. The number of ether oxygens (including phenoxy) is 1. The van der Waals surface area contributed by atoms with Gasteiger partial charge in [0.15, 0.2) is 0 Å². The van der Waals surface area contributed by atoms with Crippen LogP contribution in [0.15, 0.2) is 12.5 Å². The van der Waals surface area contributed by atoms with Gasteiger partial charge in [0, 0.05) is 31.4 Å². The molecule has 1 aromatic rings. The van der Waals surface area contributed by atoms with Crippen LogP contribution in [0.5, 0.6) is 0 Å². The number of nitrogens with zero attached hydrogens (tertiary/aromatic N) is 2. The summed E-state index contributed by atoms with van der Waals surface area (Å²) in [5.74, 6) is 1.49. The Kier molecular flexibility index (Phi) is 8.49. The monoisotopic (exact) mass is 390 g/mol. The number of H-pyrrole nitrogens is 1. The highest BCUT2D eigenvalue weighted by atomic mass is 16.5. The van der Waals surface area contributed by atoms with Gasteiger partial charge < -0.3 is 24.7 Å². The number of fused-ring (bicyclic) bond motifs is 1. The Hall–Kier alpha value is -1.24. The second kappa shape index (κ2) is 11.1. The molecule has 2 unspecified atom stereocenters. The lowest BCUT2D eigenvalue weighted by Gasteiger charge is -2.46. The molecule has 0 spiro atoms. The van der Waals surface area contributed by atoms with E-state index in [4.69, 9.17) is 4.74 Å². The van der Waals surface area contributed by atoms with Crippen molar-refractivity contribution in [1.29, 1.82) is 0 Å². The van der Waals surface area contributed by atoms with Crippen LogP contribution in [0.25, 0.3) is 0 Å². The lowest BCUT2D eigenvalue weighted by Crippen LogP contribution is -2.51. The lowest BCUT2D eigenvalue weighted by atomic mass is 9.71. The first-order valence-corrected chi connectivity index (χ1v) is 11.2. The maximum atomic E-state index is 11.5. The van der Waals surface area contributed by atoms with Crippen LogP contribution in [0.1, 0.15) is 57.6 Å². The first-order valence-electron chi connectivity index (χ1n) is 11.2. The molecule has 1 saturated carbocycles. The fraction of sp³-hybridized carbons (Fsp3) is 0.818. The number of carbonyl (C=O) groups is 1. The molecular weight excluding hydrogens is 352 g/mol. The van der Waals surface area contributed by atoms with E-state index in [0.29, 0.717) is 18.4 Å². The maximum absolute atomic E-state index is 11.5. The highest BCUT2D eigenvalue weighted by Gasteiger charge is 2.40. The summed E-state index contributed by atoms with van der Waals surface area (Å²) >= 11 is 0. The SMILES string of the molecule is CCCCN(C)C[C@H]1O[C@@H](CN[C@H](C=O)Cc2cnc[nH]2)CC2CCCCC21. The van der Waals surface area contributed by atoms with Crippen LogP contribution in [0.2, 0.25) is 0 Å². The molecule has 2 aliphatic rings. The van der Waals surface area contributed by atoms with Gasteiger partial charge in [-0.05, 0) is 51.1 Å². The van der Waals surface area contributed by atoms with Gasteiger partial charge in [-0.3, -0.25) is 0 Å². The van der Waals surface area contributed by atoms with E-state index in [9.17, 15) is 4.79 Å². The first-order chi connectivity index (χ1) is 13.7. The van der Waals surface area contributed by atoms with Gasteiger partial charge in [0.1, 0.15) is 6.29 Å². The van der Waals surface area contributed by atoms with Crippen LogP contribution in [0.4, 0.5) is 0 Å². The van der Waals surface area contributed by atoms with Gasteiger partial charge in [0.05, 0.1) is 24.6 Å². The Bertz CT molecular complexity index is 565. The zero-order valence-corrected chi connectivity index (χ0v) is 17.6. The quantitative estimate of drug-likeness (QED) is 0.569. The molecule has 158 valence electrons. The van der Waals surface area contributed by atoms with Crippen molar-refractivity contribution in [3.8, 4) is 0 Å². The van der Waals surface area contributed by atoms with E-state index in [2.05, 4.69) is 34.2 Å². The largest absolute Gasteiger partial charge is 0.372 e. The molecule has 6 nitrogen and oxygen atoms in total. The normalized spacial score (nSPS) is 28.8. The fourth-order valence-corrected chi connectivity index (χ4v) is 4.98. The van der Waals surface area contributed by atoms with E-state index < -0.39 is 0 Å². The minimum atomic E-state index is -0.196. The number of rotatable bonds is 11. The average molecular weight is 391 g/mol. The molecule has 2 heterocycles. The molecule has 1 aliphatic heterocycles. The molecule has 0 radical (unpaired) electrons. The van der Waals surface area contributed by atoms with Gasteiger partial charge >= 0.3 is 0 Å². The predicted molar refractivity (Wildman–Crippen MR) is 111 cm³/mol. The van der Waals surface area contributed by atoms with Crippen molar-refractivity contribution in [1.82, 2.24) is 20.2 Å². The van der Waals surface area contributed by atoms with Crippen molar-refractivity contribution in [3.05, 3.63) is 18.2 Å². The van der Waals surface area contributed by atoms with Gasteiger partial charge in [-0.1, -0.05) is 26.2 Å². The number of unbranched alkanes of at least 4 members (excludes halogenated alkanes) is 1. The molecule has 1 aliphatic carbocycles. The van der Waals surface area contributed by atoms with Gasteiger partial charge in [-0.2, -0.15) is 0 Å². The number of aldehydes is 1. The molecule has 0 amide bonds. The topological polar surface area (TPSA) is 70.2 Å². The second-order valence-electron chi connectivity index (χ2n) is 8.79. The summed E-state index contributed by atoms with van der Waals surface area (Å²) in [4.78, 5) is 21.1. The molecule has 1 aromatic heterocycles. The van der Waals surface area contributed by atoms with E-state index >= 15 is 0 Å². The molecule has 28 heavy (non-hydrogen) atoms. The first kappa shape index (κ1) is 21.5. The molecule has 2 fully saturated rings. The zero-order valence-electron chi connectivity index (χ0n) is 17.6. The van der Waals surface area contributed by atoms with Crippen LogP contribution >= 0.6 is 0 Å². The Labute approximate surface area is 169 Å². The van der Waals surface area contributed by atoms with Crippen LogP contribution in [-0.2, 0) is 16.0 Å². The third kappa shape index (κ3) is 6.13. The highest BCUT2D eigenvalue weighted by Crippen LogP contribution is 2.41. The molecular formula is C22H38N4O2. The molecule has 5 atom stereocenters. The smallest absolute Gasteiger partial charge is 0.137 e. The fourth-order valence-electron chi connectivity index (χ4n) is 4.98. The molecule has 1 saturated heterocycles. The molecule has 6 heteroatoms. The number of likely N-dealkylation sites (N-methyl/N-ethyl adjacent to an activating group) is 1. The predicted octanol–water partition coefficient (Wildman–Crippen LogP) is 2.81. The third-order valence-corrected chi connectivity index (χ3v) is 6.53. The Morgan fingerprint density at radius 1 is 1.43 bits per heavy atom. The summed E-state index contributed by atoms with van der Waals surface area (Å²) in [6.45, 7) is 5.17. The van der Waals surface area contributed by atoms with Crippen molar-refractivity contribution in [2.75, 3.05) is 26.7 Å². The number of nitrogens with one attached hydrogen (secondary N) is 2. The van der Waals surface area contributed by atoms with Crippen LogP contribution in [0.3, 0.4) is 0 Å². The number of carbonyl (C=O) groups excluding carboxylic acids is 1. The lowest BCUT2D eigenvalue weighted by molar-refractivity contribution is -0.127. The maximum Gasteiger partial charge on any atom is 0.137 e. The Balaban J connectivity index is 1.54. The summed E-state index contributed by atoms with van der Waals surface area (Å²) in [6, 6.07) is -0.196. The number of aromatic amines is 1. The molecule has 2 N–H and O–H groups in total. The van der Waals surface area contributed by atoms with Gasteiger partial charge in [0.25, 0.3) is 0 Å². The number of hydrogen-bond donors (Lipinski definition) is 2.